The number of carbonyl (C=O) groups is 2. The Labute approximate surface area is 189 Å². The number of ketones is 1. The molecule has 1 amide bonds. The first kappa shape index (κ1) is 24.2. The quantitative estimate of drug-likeness (QED) is 0.420. The maximum Gasteiger partial charge on any atom is 0.258 e. The van der Waals surface area contributed by atoms with Crippen LogP contribution in [0.15, 0.2) is 34.5 Å². The van der Waals surface area contributed by atoms with Crippen LogP contribution in [0.25, 0.3) is 0 Å². The molecule has 0 spiro atoms. The molecule has 166 valence electrons. The molecular formula is C20H21Cl2N3O6. The third-order valence-electron chi connectivity index (χ3n) is 4.07. The molecule has 9 nitrogen and oxygen atoms in total. The van der Waals surface area contributed by atoms with Gasteiger partial charge in [0.15, 0.2) is 17.3 Å². The second kappa shape index (κ2) is 10.8. The summed E-state index contributed by atoms with van der Waals surface area (Å²) in [5.41, 5.74) is 0.515. The molecule has 1 N–H and O–H groups in total. The second-order valence-electron chi connectivity index (χ2n) is 6.07. The predicted octanol–water partition coefficient (Wildman–Crippen LogP) is 4.71. The Bertz CT molecular complexity index is 1010. The molecule has 0 aliphatic heterocycles. The summed E-state index contributed by atoms with van der Waals surface area (Å²) in [4.78, 5) is 24.8. The van der Waals surface area contributed by atoms with E-state index in [2.05, 4.69) is 15.5 Å². The second-order valence-corrected chi connectivity index (χ2v) is 6.88. The van der Waals surface area contributed by atoms with E-state index in [-0.39, 0.29) is 21.4 Å². The Hall–Kier alpha value is -3.04. The molecule has 0 saturated carbocycles. The van der Waals surface area contributed by atoms with Gasteiger partial charge in [0.25, 0.3) is 5.91 Å². The van der Waals surface area contributed by atoms with Gasteiger partial charge in [-0.25, -0.2) is 0 Å². The van der Waals surface area contributed by atoms with E-state index in [4.69, 9.17) is 42.1 Å². The van der Waals surface area contributed by atoms with Gasteiger partial charge < -0.3 is 24.3 Å². The van der Waals surface area contributed by atoms with E-state index in [9.17, 15) is 9.59 Å². The maximum atomic E-state index is 12.7. The van der Waals surface area contributed by atoms with Crippen molar-refractivity contribution in [3.05, 3.63) is 34.3 Å². The third-order valence-corrected chi connectivity index (χ3v) is 4.65. The maximum absolute atomic E-state index is 12.7. The van der Waals surface area contributed by atoms with Crippen LogP contribution in [0.1, 0.15) is 6.92 Å². The molecule has 0 bridgehead atoms. The molecule has 0 heterocycles. The van der Waals surface area contributed by atoms with Crippen LogP contribution in [0.5, 0.6) is 23.0 Å². The van der Waals surface area contributed by atoms with Crippen LogP contribution >= 0.6 is 23.2 Å². The minimum Gasteiger partial charge on any atom is -0.495 e. The lowest BCUT2D eigenvalue weighted by Gasteiger charge is -2.14. The van der Waals surface area contributed by atoms with E-state index in [1.807, 2.05) is 0 Å². The molecule has 11 heteroatoms. The van der Waals surface area contributed by atoms with Gasteiger partial charge in [-0.3, -0.25) is 9.59 Å². The van der Waals surface area contributed by atoms with Gasteiger partial charge in [-0.15, -0.1) is 0 Å². The highest BCUT2D eigenvalue weighted by atomic mass is 35.5. The predicted molar refractivity (Wildman–Crippen MR) is 117 cm³/mol. The molecule has 1 unspecified atom stereocenters. The first-order valence-electron chi connectivity index (χ1n) is 8.80. The number of anilines is 1. The van der Waals surface area contributed by atoms with Crippen molar-refractivity contribution in [2.24, 2.45) is 10.2 Å². The number of hydrogen-bond donors (Lipinski definition) is 1. The van der Waals surface area contributed by atoms with Gasteiger partial charge in [0.1, 0.15) is 11.5 Å². The smallest absolute Gasteiger partial charge is 0.258 e. The van der Waals surface area contributed by atoms with E-state index < -0.39 is 17.7 Å². The average molecular weight is 470 g/mol. The minimum atomic E-state index is -1.42. The highest BCUT2D eigenvalue weighted by molar-refractivity contribution is 6.33. The Morgan fingerprint density at radius 2 is 1.52 bits per heavy atom. The summed E-state index contributed by atoms with van der Waals surface area (Å²) in [7, 11) is 5.75. The molecule has 0 saturated heterocycles. The summed E-state index contributed by atoms with van der Waals surface area (Å²) in [6.07, 6.45) is 0. The number of amides is 1. The lowest BCUT2D eigenvalue weighted by molar-refractivity contribution is -0.126. The Balaban J connectivity index is 2.31. The van der Waals surface area contributed by atoms with Crippen molar-refractivity contribution < 1.29 is 28.5 Å². The number of azo groups is 1. The van der Waals surface area contributed by atoms with Gasteiger partial charge in [0.05, 0.1) is 49.9 Å². The molecule has 1 atom stereocenters. The first-order valence-corrected chi connectivity index (χ1v) is 9.56. The molecule has 0 aliphatic carbocycles. The van der Waals surface area contributed by atoms with E-state index in [1.165, 1.54) is 59.6 Å². The number of nitrogens with zero attached hydrogens (tertiary/aromatic N) is 2. The molecule has 2 aromatic rings. The summed E-state index contributed by atoms with van der Waals surface area (Å²) in [6, 6.07) is 4.51. The van der Waals surface area contributed by atoms with Crippen molar-refractivity contribution in [3.8, 4) is 23.0 Å². The zero-order valence-electron chi connectivity index (χ0n) is 17.5. The number of methoxy groups -OCH3 is 4. The van der Waals surface area contributed by atoms with Crippen LogP contribution in [0.2, 0.25) is 10.0 Å². The monoisotopic (exact) mass is 469 g/mol. The van der Waals surface area contributed by atoms with Crippen molar-refractivity contribution in [1.29, 1.82) is 0 Å². The number of carbonyl (C=O) groups excluding carboxylic acids is 2. The number of nitrogens with one attached hydrogen (secondary N) is 1. The number of hydrogen-bond acceptors (Lipinski definition) is 8. The molecule has 0 radical (unpaired) electrons. The molecule has 2 aromatic carbocycles. The highest BCUT2D eigenvalue weighted by Crippen LogP contribution is 2.39. The number of rotatable bonds is 9. The molecule has 2 rings (SSSR count). The minimum absolute atomic E-state index is 0.234. The SMILES string of the molecule is COc1cc(OC)c(NC(=O)C(N=Nc2cc(Cl)c(OC)c(OC)c2)C(C)=O)cc1Cl. The van der Waals surface area contributed by atoms with Gasteiger partial charge in [0, 0.05) is 12.1 Å². The van der Waals surface area contributed by atoms with Gasteiger partial charge >= 0.3 is 0 Å². The van der Waals surface area contributed by atoms with E-state index in [1.54, 1.807) is 0 Å². The van der Waals surface area contributed by atoms with Crippen LogP contribution in [0.4, 0.5) is 11.4 Å². The van der Waals surface area contributed by atoms with Gasteiger partial charge in [-0.2, -0.15) is 10.2 Å². The molecule has 0 aliphatic rings. The molecule has 0 aromatic heterocycles. The number of Topliss-reactive ketones (excluding diaryl/α,β-unsaturated/α-hetero) is 1. The highest BCUT2D eigenvalue weighted by Gasteiger charge is 2.25. The fourth-order valence-corrected chi connectivity index (χ4v) is 3.09. The Morgan fingerprint density at radius 3 is 2.06 bits per heavy atom. The van der Waals surface area contributed by atoms with E-state index in [0.29, 0.717) is 23.0 Å². The van der Waals surface area contributed by atoms with Gasteiger partial charge in [0.2, 0.25) is 6.04 Å². The lowest BCUT2D eigenvalue weighted by Crippen LogP contribution is -2.32. The normalized spacial score (nSPS) is 11.7. The first-order chi connectivity index (χ1) is 14.7. The van der Waals surface area contributed by atoms with Crippen molar-refractivity contribution in [1.82, 2.24) is 0 Å². The number of halogens is 2. The molecular weight excluding hydrogens is 449 g/mol. The van der Waals surface area contributed by atoms with Gasteiger partial charge in [-0.1, -0.05) is 23.2 Å². The fraction of sp³-hybridized carbons (Fsp3) is 0.300. The van der Waals surface area contributed by atoms with Crippen LogP contribution < -0.4 is 24.3 Å². The van der Waals surface area contributed by atoms with Crippen molar-refractivity contribution in [3.63, 3.8) is 0 Å². The van der Waals surface area contributed by atoms with E-state index in [0.717, 1.165) is 0 Å². The third kappa shape index (κ3) is 5.77. The summed E-state index contributed by atoms with van der Waals surface area (Å²) in [5, 5.41) is 10.9. The average Bonchev–Trinajstić information content (AvgIpc) is 2.73. The molecule has 0 fully saturated rings. The lowest BCUT2D eigenvalue weighted by atomic mass is 10.2. The van der Waals surface area contributed by atoms with Crippen molar-refractivity contribution in [2.75, 3.05) is 33.8 Å². The van der Waals surface area contributed by atoms with Crippen LogP contribution in [-0.4, -0.2) is 46.2 Å². The zero-order valence-corrected chi connectivity index (χ0v) is 19.0. The van der Waals surface area contributed by atoms with Crippen LogP contribution in [0, 0.1) is 0 Å². The van der Waals surface area contributed by atoms with Crippen LogP contribution in [0.3, 0.4) is 0 Å². The number of benzene rings is 2. The van der Waals surface area contributed by atoms with Crippen LogP contribution in [-0.2, 0) is 9.59 Å². The van der Waals surface area contributed by atoms with Crippen molar-refractivity contribution in [2.45, 2.75) is 13.0 Å². The molecule has 31 heavy (non-hydrogen) atoms. The Morgan fingerprint density at radius 1 is 0.871 bits per heavy atom. The zero-order chi connectivity index (χ0) is 23.1. The van der Waals surface area contributed by atoms with Crippen molar-refractivity contribution >= 4 is 46.3 Å². The summed E-state index contributed by atoms with van der Waals surface area (Å²) in [5.74, 6) is 0.0665. The summed E-state index contributed by atoms with van der Waals surface area (Å²) < 4.78 is 20.7. The Kier molecular flexibility index (Phi) is 8.47. The topological polar surface area (TPSA) is 108 Å². The largest absolute Gasteiger partial charge is 0.495 e. The summed E-state index contributed by atoms with van der Waals surface area (Å²) in [6.45, 7) is 1.23. The fourth-order valence-electron chi connectivity index (χ4n) is 2.56. The standard InChI is InChI=1S/C20H21Cl2N3O6/c1-10(26)18(25-24-11-6-13(22)19(31-5)17(7-11)30-4)20(27)23-14-8-12(21)15(28-2)9-16(14)29-3/h6-9,18H,1-5H3,(H,23,27). The summed E-state index contributed by atoms with van der Waals surface area (Å²) >= 11 is 12.3. The number of ether oxygens (including phenoxy) is 4. The van der Waals surface area contributed by atoms with E-state index >= 15 is 0 Å². The van der Waals surface area contributed by atoms with Gasteiger partial charge in [-0.05, 0) is 19.1 Å².